The van der Waals surface area contributed by atoms with Crippen LogP contribution in [0.2, 0.25) is 0 Å². The van der Waals surface area contributed by atoms with E-state index in [1.165, 1.54) is 12.3 Å². The molecule has 0 aliphatic carbocycles. The predicted molar refractivity (Wildman–Crippen MR) is 115 cm³/mol. The molecule has 0 spiro atoms. The number of alkyl halides is 3. The molecule has 2 rings (SSSR count). The second-order valence-electron chi connectivity index (χ2n) is 6.75. The summed E-state index contributed by atoms with van der Waals surface area (Å²) in [6.07, 6.45) is -2.17. The quantitative estimate of drug-likeness (QED) is 0.432. The molecule has 0 saturated heterocycles. The van der Waals surface area contributed by atoms with Gasteiger partial charge >= 0.3 is 18.1 Å². The second kappa shape index (κ2) is 12.2. The van der Waals surface area contributed by atoms with Crippen molar-refractivity contribution in [1.82, 2.24) is 4.98 Å². The molecule has 1 aromatic heterocycles. The zero-order valence-electron chi connectivity index (χ0n) is 18.1. The van der Waals surface area contributed by atoms with Crippen molar-refractivity contribution in [3.8, 4) is 0 Å². The molecule has 0 fully saturated rings. The molecular weight excluding hydrogens is 486 g/mol. The lowest BCUT2D eigenvalue weighted by Gasteiger charge is -2.24. The highest BCUT2D eigenvalue weighted by atomic mass is 32.2. The van der Waals surface area contributed by atoms with Crippen molar-refractivity contribution in [1.29, 1.82) is 0 Å². The summed E-state index contributed by atoms with van der Waals surface area (Å²) < 4.78 is 71.8. The van der Waals surface area contributed by atoms with Crippen molar-refractivity contribution in [3.05, 3.63) is 47.9 Å². The van der Waals surface area contributed by atoms with Gasteiger partial charge < -0.3 is 15.1 Å². The monoisotopic (exact) mass is 509 g/mol. The summed E-state index contributed by atoms with van der Waals surface area (Å²) in [6, 6.07) is 5.56. The van der Waals surface area contributed by atoms with Crippen molar-refractivity contribution in [2.75, 3.05) is 22.7 Å². The molecule has 14 heteroatoms. The van der Waals surface area contributed by atoms with Gasteiger partial charge in [-0.25, -0.2) is 27.4 Å². The third kappa shape index (κ3) is 8.50. The van der Waals surface area contributed by atoms with E-state index >= 15 is 0 Å². The van der Waals surface area contributed by atoms with Crippen LogP contribution in [-0.2, 0) is 14.8 Å². The minimum Gasteiger partial charge on any atom is -0.478 e. The van der Waals surface area contributed by atoms with Crippen molar-refractivity contribution in [3.63, 3.8) is 0 Å². The number of rotatable bonds is 9. The van der Waals surface area contributed by atoms with Crippen LogP contribution < -0.4 is 9.62 Å². The summed E-state index contributed by atoms with van der Waals surface area (Å²) in [7, 11) is -3.99. The Kier molecular flexibility index (Phi) is 10.2. The van der Waals surface area contributed by atoms with Gasteiger partial charge in [0.15, 0.2) is 0 Å². The molecule has 0 atom stereocenters. The first-order valence-corrected chi connectivity index (χ1v) is 11.3. The van der Waals surface area contributed by atoms with E-state index in [4.69, 9.17) is 9.90 Å². The number of hydrogen-bond acceptors (Lipinski definition) is 6. The molecule has 0 aliphatic heterocycles. The van der Waals surface area contributed by atoms with E-state index in [0.29, 0.717) is 18.9 Å². The van der Waals surface area contributed by atoms with Crippen LogP contribution in [0.15, 0.2) is 41.4 Å². The number of aromatic carboxylic acids is 1. The van der Waals surface area contributed by atoms with Gasteiger partial charge in [0, 0.05) is 13.1 Å². The first-order valence-electron chi connectivity index (χ1n) is 9.79. The van der Waals surface area contributed by atoms with Crippen LogP contribution in [0.25, 0.3) is 0 Å². The molecule has 0 saturated carbocycles. The first-order chi connectivity index (χ1) is 15.7. The normalized spacial score (nSPS) is 11.2. The number of halogens is 4. The molecule has 0 amide bonds. The zero-order chi connectivity index (χ0) is 26.1. The number of anilines is 2. The van der Waals surface area contributed by atoms with Crippen LogP contribution in [0.3, 0.4) is 0 Å². The highest BCUT2D eigenvalue weighted by Crippen LogP contribution is 2.24. The highest BCUT2D eigenvalue weighted by molar-refractivity contribution is 7.92. The average Bonchev–Trinajstić information content (AvgIpc) is 2.73. The molecule has 2 aromatic rings. The Labute approximate surface area is 193 Å². The summed E-state index contributed by atoms with van der Waals surface area (Å²) in [5.74, 6) is -4.21. The molecule has 0 unspecified atom stereocenters. The van der Waals surface area contributed by atoms with Gasteiger partial charge in [-0.15, -0.1) is 0 Å². The van der Waals surface area contributed by atoms with Crippen LogP contribution in [-0.4, -0.2) is 54.8 Å². The number of aliphatic carboxylic acids is 1. The van der Waals surface area contributed by atoms with Gasteiger partial charge in [-0.2, -0.15) is 13.2 Å². The minimum absolute atomic E-state index is 0.0217. The summed E-state index contributed by atoms with van der Waals surface area (Å²) in [5.41, 5.74) is -0.0652. The van der Waals surface area contributed by atoms with Gasteiger partial charge in [0.1, 0.15) is 17.2 Å². The van der Waals surface area contributed by atoms with E-state index in [-0.39, 0.29) is 16.1 Å². The highest BCUT2D eigenvalue weighted by Gasteiger charge is 2.38. The molecular formula is C20H23F4N3O6S. The standard InChI is InChI=1S/C18H22FN3O4S.C2HF3O2/c1-3-9-22(10-4-2)17-16(18(23)24)11-14(12-20-17)21-27(25,26)15-7-5-13(19)6-8-15;3-2(4,5)1(6)7/h5-8,11-12,21H,3-4,9-10H2,1-2H3,(H,23,24);(H,6,7). The smallest absolute Gasteiger partial charge is 0.478 e. The molecule has 3 N–H and O–H groups in total. The van der Waals surface area contributed by atoms with E-state index in [1.807, 2.05) is 18.7 Å². The largest absolute Gasteiger partial charge is 0.490 e. The van der Waals surface area contributed by atoms with Crippen molar-refractivity contribution in [2.45, 2.75) is 37.8 Å². The van der Waals surface area contributed by atoms with E-state index in [2.05, 4.69) is 9.71 Å². The maximum Gasteiger partial charge on any atom is 0.490 e. The molecule has 0 bridgehead atoms. The van der Waals surface area contributed by atoms with Crippen LogP contribution >= 0.6 is 0 Å². The third-order valence-electron chi connectivity index (χ3n) is 4.00. The molecule has 1 heterocycles. The lowest BCUT2D eigenvalue weighted by Crippen LogP contribution is -2.28. The maximum atomic E-state index is 13.0. The molecule has 0 aliphatic rings. The fraction of sp³-hybridized carbons (Fsp3) is 0.350. The number of aromatic nitrogens is 1. The van der Waals surface area contributed by atoms with Crippen LogP contribution in [0, 0.1) is 5.82 Å². The van der Waals surface area contributed by atoms with Gasteiger partial charge in [-0.05, 0) is 43.2 Å². The van der Waals surface area contributed by atoms with Crippen LogP contribution in [0.1, 0.15) is 37.0 Å². The summed E-state index contributed by atoms with van der Waals surface area (Å²) >= 11 is 0. The van der Waals surface area contributed by atoms with E-state index in [9.17, 15) is 35.9 Å². The molecule has 34 heavy (non-hydrogen) atoms. The number of sulfonamides is 1. The number of carboxylic acids is 2. The number of benzene rings is 1. The second-order valence-corrected chi connectivity index (χ2v) is 8.43. The van der Waals surface area contributed by atoms with Crippen LogP contribution in [0.4, 0.5) is 29.1 Å². The fourth-order valence-corrected chi connectivity index (χ4v) is 3.65. The van der Waals surface area contributed by atoms with Gasteiger partial charge in [0.25, 0.3) is 10.0 Å². The minimum atomic E-state index is -5.08. The number of carboxylic acid groups (broad SMARTS) is 2. The lowest BCUT2D eigenvalue weighted by molar-refractivity contribution is -0.192. The molecule has 188 valence electrons. The lowest BCUT2D eigenvalue weighted by atomic mass is 10.2. The molecule has 9 nitrogen and oxygen atoms in total. The van der Waals surface area contributed by atoms with Gasteiger partial charge in [0.05, 0.1) is 16.8 Å². The predicted octanol–water partition coefficient (Wildman–Crippen LogP) is 3.98. The summed E-state index contributed by atoms with van der Waals surface area (Å²) in [6.45, 7) is 5.24. The zero-order valence-corrected chi connectivity index (χ0v) is 19.0. The maximum absolute atomic E-state index is 13.0. The Balaban J connectivity index is 0.000000718. The Bertz CT molecular complexity index is 1090. The van der Waals surface area contributed by atoms with Gasteiger partial charge in [-0.1, -0.05) is 13.8 Å². The first kappa shape index (κ1) is 28.6. The number of nitrogens with one attached hydrogen (secondary N) is 1. The van der Waals surface area contributed by atoms with Crippen molar-refractivity contribution in [2.24, 2.45) is 0 Å². The van der Waals surface area contributed by atoms with E-state index in [0.717, 1.165) is 37.1 Å². The fourth-order valence-electron chi connectivity index (χ4n) is 2.61. The average molecular weight is 509 g/mol. The number of carbonyl (C=O) groups is 2. The number of hydrogen-bond donors (Lipinski definition) is 3. The molecule has 0 radical (unpaired) electrons. The number of nitrogens with zero attached hydrogens (tertiary/aromatic N) is 2. The number of pyridine rings is 1. The van der Waals surface area contributed by atoms with E-state index < -0.39 is 34.0 Å². The van der Waals surface area contributed by atoms with Gasteiger partial charge in [0.2, 0.25) is 0 Å². The van der Waals surface area contributed by atoms with Crippen molar-refractivity contribution >= 4 is 33.5 Å². The van der Waals surface area contributed by atoms with Crippen molar-refractivity contribution < 1.29 is 45.8 Å². The van der Waals surface area contributed by atoms with Crippen LogP contribution in [0.5, 0.6) is 0 Å². The Hall–Kier alpha value is -3.42. The Morgan fingerprint density at radius 3 is 1.97 bits per heavy atom. The Morgan fingerprint density at radius 2 is 1.56 bits per heavy atom. The Morgan fingerprint density at radius 1 is 1.06 bits per heavy atom. The third-order valence-corrected chi connectivity index (χ3v) is 5.40. The molecule has 1 aromatic carbocycles. The summed E-state index contributed by atoms with van der Waals surface area (Å²) in [5, 5.41) is 16.7. The van der Waals surface area contributed by atoms with E-state index in [1.54, 1.807) is 0 Å². The topological polar surface area (TPSA) is 137 Å². The van der Waals surface area contributed by atoms with Gasteiger partial charge in [-0.3, -0.25) is 4.72 Å². The summed E-state index contributed by atoms with van der Waals surface area (Å²) in [4.78, 5) is 26.5. The SMILES string of the molecule is CCCN(CCC)c1ncc(NS(=O)(=O)c2ccc(F)cc2)cc1C(=O)O.O=C(O)C(F)(F)F.